The highest BCUT2D eigenvalue weighted by Gasteiger charge is 2.50. The van der Waals surface area contributed by atoms with Gasteiger partial charge in [-0.1, -0.05) is 72.8 Å². The average molecular weight is 1550 g/mol. The van der Waals surface area contributed by atoms with E-state index in [2.05, 4.69) is 47.9 Å². The first-order valence-corrected chi connectivity index (χ1v) is 38.4. The van der Waals surface area contributed by atoms with Crippen LogP contribution in [0.3, 0.4) is 0 Å². The van der Waals surface area contributed by atoms with Crippen LogP contribution in [0.25, 0.3) is 10.9 Å². The Morgan fingerprint density at radius 1 is 0.688 bits per heavy atom. The van der Waals surface area contributed by atoms with Crippen molar-refractivity contribution in [3.05, 3.63) is 149 Å². The summed E-state index contributed by atoms with van der Waals surface area (Å²) in [5.41, 5.74) is 0.678. The van der Waals surface area contributed by atoms with Gasteiger partial charge in [0.1, 0.15) is 71.6 Å². The van der Waals surface area contributed by atoms with Crippen molar-refractivity contribution >= 4 is 82.0 Å². The van der Waals surface area contributed by atoms with E-state index >= 15 is 33.2 Å². The van der Waals surface area contributed by atoms with Gasteiger partial charge in [0.15, 0.2) is 0 Å². The number of carbonyl (C=O) groups excluding carboxylic acids is 12. The molecule has 1 unspecified atom stereocenters. The minimum atomic E-state index is -1.71. The molecule has 5 aromatic rings. The molecule has 10 atom stereocenters. The highest BCUT2D eigenvalue weighted by atomic mass is 19.1. The number of halogens is 1. The molecule has 11 rings (SSSR count). The summed E-state index contributed by atoms with van der Waals surface area (Å²) >= 11 is 0. The van der Waals surface area contributed by atoms with Gasteiger partial charge in [-0.05, 0) is 165 Å². The zero-order valence-corrected chi connectivity index (χ0v) is 65.4. The molecule has 12 bridgehead atoms. The van der Waals surface area contributed by atoms with E-state index in [-0.39, 0.29) is 90.2 Å². The van der Waals surface area contributed by atoms with Crippen molar-refractivity contribution in [2.75, 3.05) is 46.4 Å². The summed E-state index contributed by atoms with van der Waals surface area (Å²) in [5, 5.41) is 25.5. The molecule has 2 saturated heterocycles. The minimum Gasteiger partial charge on any atom is -0.497 e. The third kappa shape index (κ3) is 22.3. The number of rotatable bonds is 7. The molecule has 2 fully saturated rings. The van der Waals surface area contributed by atoms with Crippen molar-refractivity contribution in [1.82, 2.24) is 67.1 Å². The largest absolute Gasteiger partial charge is 0.497 e. The Morgan fingerprint density at radius 2 is 1.41 bits per heavy atom. The van der Waals surface area contributed by atoms with Crippen LogP contribution in [-0.2, 0) is 112 Å². The molecule has 12 amide bonds. The Hall–Kier alpha value is -10.8. The number of aromatic nitrogens is 1. The van der Waals surface area contributed by atoms with Crippen molar-refractivity contribution in [2.24, 2.45) is 0 Å². The molecular weight excluding hydrogens is 1440 g/mol. The van der Waals surface area contributed by atoms with Gasteiger partial charge in [0.25, 0.3) is 0 Å². The zero-order valence-electron chi connectivity index (χ0n) is 65.4. The summed E-state index contributed by atoms with van der Waals surface area (Å²) < 4.78 is 41.5. The third-order valence-corrected chi connectivity index (χ3v) is 20.6. The molecule has 602 valence electrons. The number of benzene rings is 4. The molecule has 0 radical (unpaired) electrons. The fourth-order valence-electron chi connectivity index (χ4n) is 14.8. The second-order valence-electron chi connectivity index (χ2n) is 31.6. The van der Waals surface area contributed by atoms with Crippen LogP contribution in [0.1, 0.15) is 141 Å². The van der Waals surface area contributed by atoms with E-state index in [1.807, 2.05) is 41.0 Å². The SMILES string of the molecule is COc1ccc(C[C@@H]2NC(=O)[C@H]([C@@H](C)OC(C)(C)C)NC(=O)[C@@H]3C4CCN3C(=O)[C@@H]3Cc5cn(c6ccc(F)cc56)C/C=C/CCCN(Cc5ccc(cc5)CCNC(=O)[C@]5(C)CCCN5C2=O)C(=O)CCC(=O)N[C@@H](C)C(=O)N[C@H](CNC(=O)OC(C)(C)C)C(=O)N[C@@H](Cc2cccc(c2)CNC(=O)CO4)C(=O)N3)cc1. The van der Waals surface area contributed by atoms with Gasteiger partial charge < -0.3 is 86.1 Å². The first kappa shape index (κ1) is 83.7. The standard InChI is InChI=1S/C82H106FN13O16/c1-49-71(100)91-63(45-86-79(108)112-81(6,7)8)73(102)88-60-41-54-17-15-18-55(39-54)44-85-67(98)48-110-65-32-38-95-70(65)75(104)92-69(50(2)111-80(3,4)5)74(103)90-61(40-52-23-26-58(109-10)27-24-52)77(106)96-37-16-33-82(96,9)78(107)84-34-31-51-19-21-53(22-20-51)46-94(68(99)30-29-66(97)87-49)36-14-12-11-13-35-93-47-56(42-62(76(95)105)89-72(60)101)59-43-57(83)25-28-64(59)93/h11,13,15,17-28,39,43,47,49-50,60-63,65,69-70H,12,14,16,29-38,40-42,44-46,48H2,1-10H3,(H,84,107)(H,85,98)(H,86,108)(H,87,97)(H,88,102)(H,89,101)(H,90,103)(H,91,100)(H,92,104)/b13-11+/t49-,50+,60-,61-,62-,63+,65?,69-,70-,82-/m0/s1. The lowest BCUT2D eigenvalue weighted by Gasteiger charge is -2.37. The molecular formula is C82H106FN13O16. The van der Waals surface area contributed by atoms with Gasteiger partial charge in [0, 0.05) is 95.0 Å². The highest BCUT2D eigenvalue weighted by Crippen LogP contribution is 2.33. The maximum absolute atomic E-state index is 16.4. The summed E-state index contributed by atoms with van der Waals surface area (Å²) in [4.78, 5) is 184. The van der Waals surface area contributed by atoms with Crippen molar-refractivity contribution in [1.29, 1.82) is 0 Å². The summed E-state index contributed by atoms with van der Waals surface area (Å²) in [6.07, 6.45) is 2.62. The molecule has 1 aromatic heterocycles. The Labute approximate surface area is 651 Å². The molecule has 0 spiro atoms. The van der Waals surface area contributed by atoms with Gasteiger partial charge >= 0.3 is 6.09 Å². The second kappa shape index (κ2) is 37.1. The zero-order chi connectivity index (χ0) is 80.8. The average Bonchev–Trinajstić information content (AvgIpc) is 1.62. The van der Waals surface area contributed by atoms with Crippen molar-refractivity contribution < 1.29 is 80.9 Å². The molecule has 6 aliphatic rings. The van der Waals surface area contributed by atoms with Gasteiger partial charge in [-0.15, -0.1) is 0 Å². The predicted molar refractivity (Wildman–Crippen MR) is 411 cm³/mol. The Balaban J connectivity index is 1.12. The number of nitrogens with one attached hydrogen (secondary N) is 9. The van der Waals surface area contributed by atoms with Crippen LogP contribution in [0, 0.1) is 5.82 Å². The molecule has 30 heteroatoms. The number of allylic oxidation sites excluding steroid dienone is 2. The Morgan fingerprint density at radius 3 is 2.14 bits per heavy atom. The number of alkyl carbamates (subject to hydrolysis) is 1. The van der Waals surface area contributed by atoms with Gasteiger partial charge in [-0.3, -0.25) is 52.7 Å². The van der Waals surface area contributed by atoms with Gasteiger partial charge in [0.2, 0.25) is 65.0 Å². The molecule has 29 nitrogen and oxygen atoms in total. The van der Waals surface area contributed by atoms with E-state index in [9.17, 15) is 28.8 Å². The lowest BCUT2D eigenvalue weighted by Crippen LogP contribution is -2.64. The third-order valence-electron chi connectivity index (χ3n) is 20.6. The molecule has 6 aliphatic heterocycles. The molecule has 112 heavy (non-hydrogen) atoms. The van der Waals surface area contributed by atoms with Crippen molar-refractivity contribution in [3.63, 3.8) is 0 Å². The number of ether oxygens (including phenoxy) is 4. The van der Waals surface area contributed by atoms with E-state index in [4.69, 9.17) is 18.9 Å². The monoisotopic (exact) mass is 1550 g/mol. The first-order valence-electron chi connectivity index (χ1n) is 38.4. The molecule has 0 aliphatic carbocycles. The van der Waals surface area contributed by atoms with Gasteiger partial charge in [-0.2, -0.15) is 0 Å². The maximum atomic E-state index is 16.4. The summed E-state index contributed by atoms with van der Waals surface area (Å²) in [6.45, 7) is 14.0. The summed E-state index contributed by atoms with van der Waals surface area (Å²) in [5.74, 6) is -8.50. The smallest absolute Gasteiger partial charge is 0.407 e. The normalized spacial score (nSPS) is 25.2. The quantitative estimate of drug-likeness (QED) is 0.103. The van der Waals surface area contributed by atoms with E-state index in [0.29, 0.717) is 64.6 Å². The lowest BCUT2D eigenvalue weighted by atomic mass is 9.95. The molecule has 9 N–H and O–H groups in total. The highest BCUT2D eigenvalue weighted by molar-refractivity contribution is 6.00. The van der Waals surface area contributed by atoms with Crippen LogP contribution in [0.4, 0.5) is 9.18 Å². The van der Waals surface area contributed by atoms with Crippen LogP contribution < -0.4 is 52.6 Å². The van der Waals surface area contributed by atoms with Gasteiger partial charge in [-0.25, -0.2) is 9.18 Å². The topological polar surface area (TPSA) is 365 Å². The molecule has 0 saturated carbocycles. The number of hydrogen-bond donors (Lipinski definition) is 9. The second-order valence-corrected chi connectivity index (χ2v) is 31.6. The van der Waals surface area contributed by atoms with Crippen LogP contribution in [0.2, 0.25) is 0 Å². The summed E-state index contributed by atoms with van der Waals surface area (Å²) in [6, 6.07) is 14.1. The number of amides is 12. The number of methoxy groups -OCH3 is 1. The number of hydrogen-bond acceptors (Lipinski definition) is 16. The van der Waals surface area contributed by atoms with Crippen molar-refractivity contribution in [2.45, 2.75) is 224 Å². The predicted octanol–water partition coefficient (Wildman–Crippen LogP) is 4.30. The lowest BCUT2D eigenvalue weighted by molar-refractivity contribution is -0.149. The minimum absolute atomic E-state index is 0.0815. The first-order chi connectivity index (χ1) is 53.2. The Bertz CT molecular complexity index is 4330. The fourth-order valence-corrected chi connectivity index (χ4v) is 14.8. The Kier molecular flexibility index (Phi) is 27.7. The number of carbonyl (C=O) groups is 12. The maximum Gasteiger partial charge on any atom is 0.407 e. The van der Waals surface area contributed by atoms with E-state index in [0.717, 1.165) is 11.1 Å². The molecule has 7 heterocycles. The number of fused-ring (bicyclic) bond motifs is 16. The number of nitrogens with zero attached hydrogens (tertiary/aromatic N) is 4. The van der Waals surface area contributed by atoms with Crippen LogP contribution in [0.15, 0.2) is 109 Å². The molecule has 4 aromatic carbocycles. The van der Waals surface area contributed by atoms with Gasteiger partial charge in [0.05, 0.1) is 31.5 Å². The van der Waals surface area contributed by atoms with Crippen LogP contribution in [-0.4, -0.2) is 208 Å². The van der Waals surface area contributed by atoms with Crippen LogP contribution >= 0.6 is 0 Å². The van der Waals surface area contributed by atoms with E-state index in [1.165, 1.54) is 36.0 Å². The van der Waals surface area contributed by atoms with Crippen LogP contribution in [0.5, 0.6) is 5.75 Å². The van der Waals surface area contributed by atoms with Crippen molar-refractivity contribution in [3.8, 4) is 5.75 Å². The van der Waals surface area contributed by atoms with E-state index < -0.39 is 162 Å². The summed E-state index contributed by atoms with van der Waals surface area (Å²) in [7, 11) is 1.51. The fraction of sp³-hybridized carbons (Fsp3) is 0.512. The van der Waals surface area contributed by atoms with E-state index in [1.54, 1.807) is 121 Å².